The Labute approximate surface area is 199 Å². The van der Waals surface area contributed by atoms with Gasteiger partial charge in [-0.3, -0.25) is 9.59 Å². The summed E-state index contributed by atoms with van der Waals surface area (Å²) >= 11 is 0. The summed E-state index contributed by atoms with van der Waals surface area (Å²) in [7, 11) is -0.837. The maximum atomic E-state index is 13.2. The Morgan fingerprint density at radius 1 is 1.09 bits per heavy atom. The monoisotopic (exact) mass is 491 g/mol. The van der Waals surface area contributed by atoms with E-state index in [-0.39, 0.29) is 24.5 Å². The average molecular weight is 492 g/mol. The van der Waals surface area contributed by atoms with Gasteiger partial charge >= 0.3 is 11.8 Å². The lowest BCUT2D eigenvalue weighted by Gasteiger charge is -2.34. The third-order valence-electron chi connectivity index (χ3n) is 5.36. The fraction of sp³-hybridized carbons (Fsp3) is 0.391. The van der Waals surface area contributed by atoms with Gasteiger partial charge in [-0.1, -0.05) is 12.1 Å². The van der Waals surface area contributed by atoms with E-state index >= 15 is 0 Å². The first kappa shape index (κ1) is 25.5. The largest absolute Gasteiger partial charge is 0.497 e. The number of sulfonamides is 1. The van der Waals surface area contributed by atoms with Crippen molar-refractivity contribution in [3.63, 3.8) is 0 Å². The number of rotatable bonds is 8. The van der Waals surface area contributed by atoms with Crippen LogP contribution in [0.2, 0.25) is 0 Å². The van der Waals surface area contributed by atoms with Crippen LogP contribution >= 0.6 is 0 Å². The van der Waals surface area contributed by atoms with Gasteiger partial charge in [0.1, 0.15) is 17.7 Å². The van der Waals surface area contributed by atoms with Gasteiger partial charge in [-0.05, 0) is 54.8 Å². The summed E-state index contributed by atoms with van der Waals surface area (Å²) in [6.07, 6.45) is -0.420. The predicted octanol–water partition coefficient (Wildman–Crippen LogP) is 1.18. The van der Waals surface area contributed by atoms with Crippen molar-refractivity contribution in [2.45, 2.75) is 31.0 Å². The molecular weight excluding hydrogens is 462 g/mol. The number of aryl methyl sites for hydroxylation is 1. The molecule has 2 amide bonds. The molecule has 1 aliphatic rings. The lowest BCUT2D eigenvalue weighted by molar-refractivity contribution is -0.140. The zero-order chi connectivity index (χ0) is 24.7. The molecule has 0 radical (unpaired) electrons. The molecule has 0 spiro atoms. The van der Waals surface area contributed by atoms with Crippen molar-refractivity contribution in [3.8, 4) is 11.5 Å². The summed E-state index contributed by atoms with van der Waals surface area (Å²) in [4.78, 5) is 24.6. The number of nitrogens with one attached hydrogen (secondary N) is 2. The quantitative estimate of drug-likeness (QED) is 0.532. The molecule has 1 heterocycles. The van der Waals surface area contributed by atoms with E-state index in [1.165, 1.54) is 30.7 Å². The number of carbonyl (C=O) groups is 2. The van der Waals surface area contributed by atoms with Gasteiger partial charge in [0.15, 0.2) is 0 Å². The van der Waals surface area contributed by atoms with Crippen molar-refractivity contribution in [3.05, 3.63) is 53.6 Å². The first-order chi connectivity index (χ1) is 16.3. The Kier molecular flexibility index (Phi) is 8.48. The topological polar surface area (TPSA) is 123 Å². The molecular formula is C23H29N3O7S. The van der Waals surface area contributed by atoms with Crippen molar-refractivity contribution >= 4 is 21.8 Å². The molecule has 34 heavy (non-hydrogen) atoms. The van der Waals surface area contributed by atoms with Crippen LogP contribution in [0.5, 0.6) is 11.5 Å². The van der Waals surface area contributed by atoms with E-state index in [0.717, 1.165) is 5.56 Å². The lowest BCUT2D eigenvalue weighted by atomic mass is 10.2. The molecule has 0 aliphatic carbocycles. The lowest BCUT2D eigenvalue weighted by Crippen LogP contribution is -2.53. The summed E-state index contributed by atoms with van der Waals surface area (Å²) in [5, 5.41) is 5.00. The molecule has 0 bridgehead atoms. The minimum Gasteiger partial charge on any atom is -0.497 e. The van der Waals surface area contributed by atoms with Gasteiger partial charge < -0.3 is 24.8 Å². The summed E-state index contributed by atoms with van der Waals surface area (Å²) < 4.78 is 43.6. The van der Waals surface area contributed by atoms with Crippen LogP contribution in [0.25, 0.3) is 0 Å². The molecule has 2 aromatic carbocycles. The number of ether oxygens (including phenoxy) is 3. The SMILES string of the molecule is COc1cccc(CNC(=O)C(=O)NC[C@@H]2OCCCN2S(=O)(=O)c2ccc(OC)c(C)c2)c1. The number of hydrogen-bond donors (Lipinski definition) is 2. The van der Waals surface area contributed by atoms with Crippen LogP contribution in [0.1, 0.15) is 17.5 Å². The second kappa shape index (κ2) is 11.3. The number of carbonyl (C=O) groups excluding carboxylic acids is 2. The van der Waals surface area contributed by atoms with Gasteiger partial charge in [0.05, 0.1) is 32.3 Å². The Bertz CT molecular complexity index is 1140. The van der Waals surface area contributed by atoms with Gasteiger partial charge in [-0.25, -0.2) is 8.42 Å². The highest BCUT2D eigenvalue weighted by Gasteiger charge is 2.35. The molecule has 3 rings (SSSR count). The Balaban J connectivity index is 1.61. The number of hydrogen-bond acceptors (Lipinski definition) is 7. The highest BCUT2D eigenvalue weighted by Crippen LogP contribution is 2.26. The second-order valence-corrected chi connectivity index (χ2v) is 9.56. The maximum absolute atomic E-state index is 13.2. The fourth-order valence-corrected chi connectivity index (χ4v) is 5.21. The van der Waals surface area contributed by atoms with E-state index in [9.17, 15) is 18.0 Å². The van der Waals surface area contributed by atoms with E-state index in [0.29, 0.717) is 30.1 Å². The number of benzene rings is 2. The third kappa shape index (κ3) is 6.04. The number of nitrogens with zero attached hydrogens (tertiary/aromatic N) is 1. The Morgan fingerprint density at radius 2 is 1.85 bits per heavy atom. The highest BCUT2D eigenvalue weighted by molar-refractivity contribution is 7.89. The molecule has 1 atom stereocenters. The van der Waals surface area contributed by atoms with Gasteiger partial charge in [-0.15, -0.1) is 0 Å². The van der Waals surface area contributed by atoms with Crippen LogP contribution in [0.3, 0.4) is 0 Å². The molecule has 0 unspecified atom stereocenters. The Morgan fingerprint density at radius 3 is 2.56 bits per heavy atom. The average Bonchev–Trinajstić information content (AvgIpc) is 2.85. The van der Waals surface area contributed by atoms with Crippen LogP contribution < -0.4 is 20.1 Å². The van der Waals surface area contributed by atoms with Gasteiger partial charge in [0.25, 0.3) is 0 Å². The third-order valence-corrected chi connectivity index (χ3v) is 7.24. The fourth-order valence-electron chi connectivity index (χ4n) is 3.55. The van der Waals surface area contributed by atoms with E-state index in [4.69, 9.17) is 14.2 Å². The minimum atomic E-state index is -3.89. The molecule has 1 fully saturated rings. The summed E-state index contributed by atoms with van der Waals surface area (Å²) in [5.74, 6) is -0.495. The molecule has 1 saturated heterocycles. The molecule has 11 heteroatoms. The smallest absolute Gasteiger partial charge is 0.309 e. The highest BCUT2D eigenvalue weighted by atomic mass is 32.2. The van der Waals surface area contributed by atoms with Gasteiger partial charge in [0.2, 0.25) is 10.0 Å². The summed E-state index contributed by atoms with van der Waals surface area (Å²) in [5.41, 5.74) is 1.45. The molecule has 0 saturated carbocycles. The maximum Gasteiger partial charge on any atom is 0.309 e. The molecule has 184 valence electrons. The molecule has 1 aliphatic heterocycles. The standard InChI is InChI=1S/C23H29N3O7S/c1-16-12-19(8-9-20(16)32-3)34(29,30)26-10-5-11-33-21(26)15-25-23(28)22(27)24-14-17-6-4-7-18(13-17)31-2/h4,6-9,12-13,21H,5,10-11,14-15H2,1-3H3,(H,24,27)(H,25,28)/t21-/m0/s1. The van der Waals surface area contributed by atoms with Crippen LogP contribution in [0.15, 0.2) is 47.4 Å². The van der Waals surface area contributed by atoms with Crippen LogP contribution in [-0.4, -0.2) is 64.7 Å². The Hall–Kier alpha value is -3.15. The van der Waals surface area contributed by atoms with Crippen molar-refractivity contribution in [1.29, 1.82) is 0 Å². The van der Waals surface area contributed by atoms with Crippen molar-refractivity contribution in [2.75, 3.05) is 33.9 Å². The second-order valence-electron chi connectivity index (χ2n) is 7.67. The van der Waals surface area contributed by atoms with Crippen molar-refractivity contribution < 1.29 is 32.2 Å². The van der Waals surface area contributed by atoms with E-state index in [1.54, 1.807) is 37.3 Å². The molecule has 2 aromatic rings. The normalized spacial score (nSPS) is 16.5. The van der Waals surface area contributed by atoms with Crippen molar-refractivity contribution in [1.82, 2.24) is 14.9 Å². The number of methoxy groups -OCH3 is 2. The van der Waals surface area contributed by atoms with E-state index in [2.05, 4.69) is 10.6 Å². The van der Waals surface area contributed by atoms with Crippen LogP contribution in [-0.2, 0) is 30.9 Å². The van der Waals surface area contributed by atoms with Gasteiger partial charge in [0, 0.05) is 13.1 Å². The zero-order valence-corrected chi connectivity index (χ0v) is 20.2. The van der Waals surface area contributed by atoms with E-state index < -0.39 is 28.1 Å². The van der Waals surface area contributed by atoms with Crippen LogP contribution in [0, 0.1) is 6.92 Å². The van der Waals surface area contributed by atoms with Crippen LogP contribution in [0.4, 0.5) is 0 Å². The summed E-state index contributed by atoms with van der Waals surface area (Å²) in [6, 6.07) is 11.7. The summed E-state index contributed by atoms with van der Waals surface area (Å²) in [6.45, 7) is 2.30. The molecule has 2 N–H and O–H groups in total. The number of amides is 2. The van der Waals surface area contributed by atoms with Crippen molar-refractivity contribution in [2.24, 2.45) is 0 Å². The zero-order valence-electron chi connectivity index (χ0n) is 19.4. The minimum absolute atomic E-state index is 0.101. The first-order valence-corrected chi connectivity index (χ1v) is 12.2. The molecule has 0 aromatic heterocycles. The first-order valence-electron chi connectivity index (χ1n) is 10.7. The van der Waals surface area contributed by atoms with Gasteiger partial charge in [-0.2, -0.15) is 4.31 Å². The predicted molar refractivity (Wildman–Crippen MR) is 124 cm³/mol. The van der Waals surface area contributed by atoms with E-state index in [1.807, 2.05) is 0 Å². The molecule has 10 nitrogen and oxygen atoms in total.